The monoisotopic (exact) mass is 290 g/mol. The highest BCUT2D eigenvalue weighted by atomic mass is 79.9. The van der Waals surface area contributed by atoms with Crippen molar-refractivity contribution < 1.29 is 19.5 Å². The molecular formula is C9H11BrN2O4. The van der Waals surface area contributed by atoms with Crippen LogP contribution >= 0.6 is 15.9 Å². The van der Waals surface area contributed by atoms with Crippen molar-refractivity contribution in [2.24, 2.45) is 0 Å². The first kappa shape index (κ1) is 12.7. The van der Waals surface area contributed by atoms with Crippen LogP contribution in [0, 0.1) is 0 Å². The standard InChI is InChI=1S/C9H11BrN2O4/c1-12(16-3)9(14)5-4-6(10)7(13)11-8(5)15-2/h4H,1-3H3,(H,11,13). The molecule has 0 aliphatic heterocycles. The van der Waals surface area contributed by atoms with Crippen molar-refractivity contribution >= 4 is 21.8 Å². The van der Waals surface area contributed by atoms with Crippen LogP contribution in [0.2, 0.25) is 0 Å². The van der Waals surface area contributed by atoms with E-state index in [1.165, 1.54) is 27.3 Å². The summed E-state index contributed by atoms with van der Waals surface area (Å²) in [6.07, 6.45) is 0. The van der Waals surface area contributed by atoms with E-state index in [-0.39, 0.29) is 17.3 Å². The largest absolute Gasteiger partial charge is 0.492 e. The van der Waals surface area contributed by atoms with E-state index < -0.39 is 5.91 Å². The highest BCUT2D eigenvalue weighted by Crippen LogP contribution is 2.28. The van der Waals surface area contributed by atoms with Crippen molar-refractivity contribution in [2.45, 2.75) is 0 Å². The Labute approximate surface area is 101 Å². The number of carbonyl (C=O) groups excluding carboxylic acids is 1. The Morgan fingerprint density at radius 3 is 2.69 bits per heavy atom. The maximum atomic E-state index is 11.8. The number of halogens is 1. The molecule has 0 atom stereocenters. The van der Waals surface area contributed by atoms with Gasteiger partial charge in [-0.2, -0.15) is 4.98 Å². The van der Waals surface area contributed by atoms with E-state index in [2.05, 4.69) is 20.9 Å². The molecule has 1 rings (SSSR count). The van der Waals surface area contributed by atoms with Crippen molar-refractivity contribution in [1.29, 1.82) is 0 Å². The van der Waals surface area contributed by atoms with Crippen molar-refractivity contribution in [3.8, 4) is 11.8 Å². The van der Waals surface area contributed by atoms with Crippen LogP contribution in [0.15, 0.2) is 10.5 Å². The number of hydrogen-bond acceptors (Lipinski definition) is 5. The summed E-state index contributed by atoms with van der Waals surface area (Å²) >= 11 is 3.07. The first-order chi connectivity index (χ1) is 7.51. The zero-order valence-corrected chi connectivity index (χ0v) is 10.6. The lowest BCUT2D eigenvalue weighted by Crippen LogP contribution is -2.26. The summed E-state index contributed by atoms with van der Waals surface area (Å²) in [5, 5.41) is 10.4. The van der Waals surface area contributed by atoms with Gasteiger partial charge in [0.2, 0.25) is 11.8 Å². The van der Waals surface area contributed by atoms with Crippen molar-refractivity contribution in [1.82, 2.24) is 10.0 Å². The SMILES string of the molecule is COc1nc(O)c(Br)cc1C(=O)N(C)OC. The Kier molecular flexibility index (Phi) is 4.08. The van der Waals surface area contributed by atoms with E-state index in [1.54, 1.807) is 0 Å². The molecule has 1 N–H and O–H groups in total. The molecule has 0 saturated carbocycles. The normalized spacial score (nSPS) is 10.0. The quantitative estimate of drug-likeness (QED) is 0.847. The number of pyridine rings is 1. The van der Waals surface area contributed by atoms with Crippen LogP contribution in [0.4, 0.5) is 0 Å². The Balaban J connectivity index is 3.21. The van der Waals surface area contributed by atoms with Crippen LogP contribution in [0.1, 0.15) is 10.4 Å². The van der Waals surface area contributed by atoms with E-state index in [9.17, 15) is 9.90 Å². The van der Waals surface area contributed by atoms with Crippen LogP contribution in [0.25, 0.3) is 0 Å². The molecule has 1 amide bonds. The van der Waals surface area contributed by atoms with Gasteiger partial charge in [-0.15, -0.1) is 0 Å². The summed E-state index contributed by atoms with van der Waals surface area (Å²) in [6.45, 7) is 0. The van der Waals surface area contributed by atoms with E-state index in [4.69, 9.17) is 9.57 Å². The molecule has 7 heteroatoms. The Morgan fingerprint density at radius 1 is 1.56 bits per heavy atom. The predicted octanol–water partition coefficient (Wildman–Crippen LogP) is 1.19. The molecule has 0 aliphatic rings. The Hall–Kier alpha value is -1.34. The number of hydrogen-bond donors (Lipinski definition) is 1. The number of nitrogens with zero attached hydrogens (tertiary/aromatic N) is 2. The van der Waals surface area contributed by atoms with Crippen molar-refractivity contribution in [3.63, 3.8) is 0 Å². The van der Waals surface area contributed by atoms with Gasteiger partial charge in [0.25, 0.3) is 5.91 Å². The highest BCUT2D eigenvalue weighted by Gasteiger charge is 2.20. The number of rotatable bonds is 3. The van der Waals surface area contributed by atoms with Gasteiger partial charge in [-0.05, 0) is 22.0 Å². The van der Waals surface area contributed by atoms with Gasteiger partial charge in [0.1, 0.15) is 5.56 Å². The second kappa shape index (κ2) is 5.13. The molecule has 6 nitrogen and oxygen atoms in total. The van der Waals surface area contributed by atoms with Gasteiger partial charge < -0.3 is 9.84 Å². The number of methoxy groups -OCH3 is 1. The Morgan fingerprint density at radius 2 is 2.19 bits per heavy atom. The second-order valence-electron chi connectivity index (χ2n) is 2.84. The van der Waals surface area contributed by atoms with E-state index in [1.807, 2.05) is 0 Å². The number of amides is 1. The molecule has 0 spiro atoms. The molecule has 0 fully saturated rings. The van der Waals surface area contributed by atoms with Crippen LogP contribution in [0.5, 0.6) is 11.8 Å². The lowest BCUT2D eigenvalue weighted by molar-refractivity contribution is -0.0758. The summed E-state index contributed by atoms with van der Waals surface area (Å²) in [6, 6.07) is 1.42. The van der Waals surface area contributed by atoms with E-state index in [0.717, 1.165) is 5.06 Å². The Bertz CT molecular complexity index is 411. The molecule has 1 heterocycles. The molecule has 16 heavy (non-hydrogen) atoms. The number of ether oxygens (including phenoxy) is 1. The van der Waals surface area contributed by atoms with Gasteiger partial charge in [-0.1, -0.05) is 0 Å². The zero-order valence-electron chi connectivity index (χ0n) is 9.02. The third-order valence-electron chi connectivity index (χ3n) is 1.91. The molecule has 1 aromatic rings. The molecule has 0 bridgehead atoms. The molecule has 1 aromatic heterocycles. The summed E-state index contributed by atoms with van der Waals surface area (Å²) in [5.74, 6) is -0.629. The fourth-order valence-corrected chi connectivity index (χ4v) is 1.34. The molecule has 0 aromatic carbocycles. The topological polar surface area (TPSA) is 71.9 Å². The lowest BCUT2D eigenvalue weighted by atomic mass is 10.2. The lowest BCUT2D eigenvalue weighted by Gasteiger charge is -2.15. The van der Waals surface area contributed by atoms with Gasteiger partial charge in [0.15, 0.2) is 0 Å². The fraction of sp³-hybridized carbons (Fsp3) is 0.333. The third kappa shape index (κ3) is 2.42. The van der Waals surface area contributed by atoms with Crippen molar-refractivity contribution in [2.75, 3.05) is 21.3 Å². The van der Waals surface area contributed by atoms with Crippen molar-refractivity contribution in [3.05, 3.63) is 16.1 Å². The van der Waals surface area contributed by atoms with Crippen LogP contribution < -0.4 is 4.74 Å². The van der Waals surface area contributed by atoms with E-state index in [0.29, 0.717) is 4.47 Å². The molecule has 0 radical (unpaired) electrons. The third-order valence-corrected chi connectivity index (χ3v) is 2.49. The van der Waals surface area contributed by atoms with Crippen LogP contribution in [-0.4, -0.2) is 42.3 Å². The van der Waals surface area contributed by atoms with Gasteiger partial charge in [-0.3, -0.25) is 9.63 Å². The van der Waals surface area contributed by atoms with Gasteiger partial charge in [0, 0.05) is 7.05 Å². The maximum absolute atomic E-state index is 11.8. The van der Waals surface area contributed by atoms with Gasteiger partial charge >= 0.3 is 0 Å². The van der Waals surface area contributed by atoms with Crippen LogP contribution in [-0.2, 0) is 4.84 Å². The average molecular weight is 291 g/mol. The molecule has 88 valence electrons. The minimum atomic E-state index is -0.424. The number of aromatic hydroxyl groups is 1. The maximum Gasteiger partial charge on any atom is 0.282 e. The van der Waals surface area contributed by atoms with Crippen LogP contribution in [0.3, 0.4) is 0 Å². The number of hydroxylamine groups is 2. The highest BCUT2D eigenvalue weighted by molar-refractivity contribution is 9.10. The van der Waals surface area contributed by atoms with Gasteiger partial charge in [0.05, 0.1) is 18.7 Å². The van der Waals surface area contributed by atoms with E-state index >= 15 is 0 Å². The summed E-state index contributed by atoms with van der Waals surface area (Å²) in [5.41, 5.74) is 0.191. The molecule has 0 saturated heterocycles. The van der Waals surface area contributed by atoms with Gasteiger partial charge in [-0.25, -0.2) is 5.06 Å². The molecular weight excluding hydrogens is 280 g/mol. The average Bonchev–Trinajstić information content (AvgIpc) is 2.30. The number of aromatic nitrogens is 1. The number of carbonyl (C=O) groups is 1. The first-order valence-corrected chi connectivity index (χ1v) is 5.06. The summed E-state index contributed by atoms with van der Waals surface area (Å²) in [4.78, 5) is 20.3. The first-order valence-electron chi connectivity index (χ1n) is 4.27. The minimum absolute atomic E-state index is 0.0367. The smallest absolute Gasteiger partial charge is 0.282 e. The fourth-order valence-electron chi connectivity index (χ4n) is 1.02. The minimum Gasteiger partial charge on any atom is -0.492 e. The predicted molar refractivity (Wildman–Crippen MR) is 59.3 cm³/mol. The second-order valence-corrected chi connectivity index (χ2v) is 3.69. The summed E-state index contributed by atoms with van der Waals surface area (Å²) in [7, 11) is 4.19. The molecule has 0 aliphatic carbocycles. The molecule has 0 unspecified atom stereocenters. The zero-order chi connectivity index (χ0) is 12.3. The summed E-state index contributed by atoms with van der Waals surface area (Å²) < 4.78 is 5.21.